The van der Waals surface area contributed by atoms with Gasteiger partial charge < -0.3 is 10.1 Å². The first kappa shape index (κ1) is 16.1. The maximum absolute atomic E-state index is 6.23. The summed E-state index contributed by atoms with van der Waals surface area (Å²) in [6.07, 6.45) is 5.15. The molecule has 1 saturated carbocycles. The van der Waals surface area contributed by atoms with Gasteiger partial charge in [0, 0.05) is 16.6 Å². The van der Waals surface area contributed by atoms with Crippen LogP contribution in [0, 0.1) is 11.8 Å². The van der Waals surface area contributed by atoms with E-state index in [4.69, 9.17) is 16.3 Å². The van der Waals surface area contributed by atoms with E-state index in [9.17, 15) is 0 Å². The van der Waals surface area contributed by atoms with Gasteiger partial charge in [-0.15, -0.1) is 0 Å². The second-order valence-corrected chi connectivity index (χ2v) is 7.09. The topological polar surface area (TPSA) is 21.3 Å². The van der Waals surface area contributed by atoms with Crippen LogP contribution < -0.4 is 10.1 Å². The van der Waals surface area contributed by atoms with Crippen molar-refractivity contribution in [1.29, 1.82) is 0 Å². The van der Waals surface area contributed by atoms with Crippen molar-refractivity contribution in [3.63, 3.8) is 0 Å². The molecule has 1 atom stereocenters. The van der Waals surface area contributed by atoms with Crippen molar-refractivity contribution in [3.8, 4) is 5.75 Å². The van der Waals surface area contributed by atoms with Gasteiger partial charge in [0.1, 0.15) is 5.75 Å². The molecule has 1 aromatic rings. The average molecular weight is 361 g/mol. The maximum Gasteiger partial charge on any atom is 0.137 e. The largest absolute Gasteiger partial charge is 0.495 e. The normalized spacial score (nSPS) is 24.4. The van der Waals surface area contributed by atoms with Crippen LogP contribution in [-0.2, 0) is 0 Å². The third-order valence-electron chi connectivity index (χ3n) is 4.42. The fourth-order valence-electron chi connectivity index (χ4n) is 3.29. The van der Waals surface area contributed by atoms with Crippen LogP contribution in [0.3, 0.4) is 0 Å². The van der Waals surface area contributed by atoms with Crippen molar-refractivity contribution < 1.29 is 4.74 Å². The third-order valence-corrected chi connectivity index (χ3v) is 5.23. The highest BCUT2D eigenvalue weighted by molar-refractivity contribution is 9.10. The van der Waals surface area contributed by atoms with E-state index in [-0.39, 0.29) is 0 Å². The predicted octanol–water partition coefficient (Wildman–Crippen LogP) is 5.20. The number of methoxy groups -OCH3 is 1. The molecule has 1 unspecified atom stereocenters. The standard InChI is InChI=1S/C16H23BrClNO/c1-10-4-6-11(7-5-10)15(19-2)13-8-12(18)9-14(17)16(13)20-3/h8-11,15,19H,4-7H2,1-3H3. The van der Waals surface area contributed by atoms with E-state index >= 15 is 0 Å². The Labute approximate surface area is 135 Å². The highest BCUT2D eigenvalue weighted by Gasteiger charge is 2.29. The second kappa shape index (κ2) is 7.15. The molecule has 2 nitrogen and oxygen atoms in total. The Morgan fingerprint density at radius 2 is 1.95 bits per heavy atom. The zero-order valence-corrected chi connectivity index (χ0v) is 14.7. The van der Waals surface area contributed by atoms with E-state index in [0.717, 1.165) is 26.7 Å². The first-order chi connectivity index (χ1) is 9.56. The molecule has 0 amide bonds. The van der Waals surface area contributed by atoms with Crippen molar-refractivity contribution >= 4 is 27.5 Å². The van der Waals surface area contributed by atoms with Gasteiger partial charge in [-0.1, -0.05) is 31.4 Å². The Bertz CT molecular complexity index is 458. The molecule has 1 aliphatic rings. The number of hydrogen-bond donors (Lipinski definition) is 1. The Kier molecular flexibility index (Phi) is 5.76. The van der Waals surface area contributed by atoms with Crippen molar-refractivity contribution in [3.05, 3.63) is 27.2 Å². The molecule has 0 spiro atoms. The minimum absolute atomic E-state index is 0.299. The van der Waals surface area contributed by atoms with E-state index in [2.05, 4.69) is 28.2 Å². The quantitative estimate of drug-likeness (QED) is 0.797. The van der Waals surface area contributed by atoms with Gasteiger partial charge in [0.25, 0.3) is 0 Å². The Balaban J connectivity index is 2.31. The molecular formula is C16H23BrClNO. The van der Waals surface area contributed by atoms with Crippen LogP contribution >= 0.6 is 27.5 Å². The summed E-state index contributed by atoms with van der Waals surface area (Å²) in [7, 11) is 3.74. The lowest BCUT2D eigenvalue weighted by Crippen LogP contribution is -2.28. The molecule has 20 heavy (non-hydrogen) atoms. The maximum atomic E-state index is 6.23. The van der Waals surface area contributed by atoms with Gasteiger partial charge in [-0.2, -0.15) is 0 Å². The lowest BCUT2D eigenvalue weighted by molar-refractivity contribution is 0.234. The average Bonchev–Trinajstić information content (AvgIpc) is 2.41. The summed E-state index contributed by atoms with van der Waals surface area (Å²) in [6, 6.07) is 4.22. The molecule has 4 heteroatoms. The summed E-state index contributed by atoms with van der Waals surface area (Å²) in [5.74, 6) is 2.40. The number of rotatable bonds is 4. The zero-order valence-electron chi connectivity index (χ0n) is 12.4. The van der Waals surface area contributed by atoms with E-state index in [1.807, 2.05) is 19.2 Å². The van der Waals surface area contributed by atoms with E-state index in [0.29, 0.717) is 12.0 Å². The van der Waals surface area contributed by atoms with Gasteiger partial charge in [-0.05, 0) is 59.8 Å². The molecule has 112 valence electrons. The summed E-state index contributed by atoms with van der Waals surface area (Å²) in [5, 5.41) is 4.22. The molecule has 0 radical (unpaired) electrons. The third kappa shape index (κ3) is 3.49. The fraction of sp³-hybridized carbons (Fsp3) is 0.625. The zero-order chi connectivity index (χ0) is 14.7. The Morgan fingerprint density at radius 1 is 1.30 bits per heavy atom. The fourth-order valence-corrected chi connectivity index (χ4v) is 4.29. The van der Waals surface area contributed by atoms with Crippen molar-refractivity contribution in [2.45, 2.75) is 38.6 Å². The molecule has 0 saturated heterocycles. The molecule has 1 fully saturated rings. The smallest absolute Gasteiger partial charge is 0.137 e. The first-order valence-corrected chi connectivity index (χ1v) is 8.44. The number of benzene rings is 1. The van der Waals surface area contributed by atoms with Gasteiger partial charge in [-0.25, -0.2) is 0 Å². The number of hydrogen-bond acceptors (Lipinski definition) is 2. The van der Waals surface area contributed by atoms with E-state index in [1.165, 1.54) is 25.7 Å². The highest BCUT2D eigenvalue weighted by atomic mass is 79.9. The summed E-state index contributed by atoms with van der Waals surface area (Å²) in [4.78, 5) is 0. The van der Waals surface area contributed by atoms with Crippen LogP contribution in [0.5, 0.6) is 5.75 Å². The van der Waals surface area contributed by atoms with Crippen LogP contribution in [0.15, 0.2) is 16.6 Å². The van der Waals surface area contributed by atoms with E-state index < -0.39 is 0 Å². The van der Waals surface area contributed by atoms with Gasteiger partial charge >= 0.3 is 0 Å². The van der Waals surface area contributed by atoms with Gasteiger partial charge in [0.05, 0.1) is 11.6 Å². The van der Waals surface area contributed by atoms with Gasteiger partial charge in [0.2, 0.25) is 0 Å². The van der Waals surface area contributed by atoms with Crippen LogP contribution in [0.4, 0.5) is 0 Å². The Hall–Kier alpha value is -0.250. The lowest BCUT2D eigenvalue weighted by Gasteiger charge is -2.33. The summed E-state index contributed by atoms with van der Waals surface area (Å²) < 4.78 is 6.50. The monoisotopic (exact) mass is 359 g/mol. The minimum atomic E-state index is 0.299. The van der Waals surface area contributed by atoms with Crippen molar-refractivity contribution in [2.75, 3.05) is 14.2 Å². The van der Waals surface area contributed by atoms with E-state index in [1.54, 1.807) is 7.11 Å². The van der Waals surface area contributed by atoms with Gasteiger partial charge in [-0.3, -0.25) is 0 Å². The minimum Gasteiger partial charge on any atom is -0.495 e. The number of nitrogens with one attached hydrogen (secondary N) is 1. The summed E-state index contributed by atoms with van der Waals surface area (Å²) in [5.41, 5.74) is 1.16. The molecule has 1 aliphatic carbocycles. The van der Waals surface area contributed by atoms with Crippen molar-refractivity contribution in [1.82, 2.24) is 5.32 Å². The summed E-state index contributed by atoms with van der Waals surface area (Å²) >= 11 is 9.78. The van der Waals surface area contributed by atoms with Crippen molar-refractivity contribution in [2.24, 2.45) is 11.8 Å². The molecule has 0 heterocycles. The lowest BCUT2D eigenvalue weighted by atomic mass is 9.77. The SMILES string of the molecule is CNC(c1cc(Cl)cc(Br)c1OC)C1CCC(C)CC1. The van der Waals surface area contributed by atoms with Crippen LogP contribution in [0.2, 0.25) is 5.02 Å². The van der Waals surface area contributed by atoms with Crippen LogP contribution in [0.1, 0.15) is 44.2 Å². The molecule has 1 N–H and O–H groups in total. The molecule has 0 aliphatic heterocycles. The molecule has 0 aromatic heterocycles. The van der Waals surface area contributed by atoms with Crippen LogP contribution in [-0.4, -0.2) is 14.2 Å². The highest BCUT2D eigenvalue weighted by Crippen LogP contribution is 2.42. The number of halogens is 2. The second-order valence-electron chi connectivity index (χ2n) is 5.80. The first-order valence-electron chi connectivity index (χ1n) is 7.27. The summed E-state index contributed by atoms with van der Waals surface area (Å²) in [6.45, 7) is 2.35. The van der Waals surface area contributed by atoms with Crippen LogP contribution in [0.25, 0.3) is 0 Å². The molecule has 2 rings (SSSR count). The molecular weight excluding hydrogens is 338 g/mol. The Morgan fingerprint density at radius 3 is 2.50 bits per heavy atom. The molecule has 1 aromatic carbocycles. The van der Waals surface area contributed by atoms with Gasteiger partial charge in [0.15, 0.2) is 0 Å². The number of ether oxygens (including phenoxy) is 1. The molecule has 0 bridgehead atoms. The predicted molar refractivity (Wildman–Crippen MR) is 88.6 cm³/mol.